The minimum absolute atomic E-state index is 0.344. The molecule has 0 saturated carbocycles. The van der Waals surface area contributed by atoms with E-state index in [0.29, 0.717) is 21.8 Å². The van der Waals surface area contributed by atoms with Crippen LogP contribution in [0.25, 0.3) is 0 Å². The lowest BCUT2D eigenvalue weighted by Crippen LogP contribution is -2.04. The van der Waals surface area contributed by atoms with Crippen molar-refractivity contribution in [2.45, 2.75) is 13.3 Å². The predicted molar refractivity (Wildman–Crippen MR) is 78.2 cm³/mol. The highest BCUT2D eigenvalue weighted by Gasteiger charge is 2.04. The van der Waals surface area contributed by atoms with Gasteiger partial charge >= 0.3 is 0 Å². The van der Waals surface area contributed by atoms with Crippen LogP contribution in [0.1, 0.15) is 13.3 Å². The average Bonchev–Trinajstić information content (AvgIpc) is 2.40. The maximum atomic E-state index is 13.7. The van der Waals surface area contributed by atoms with E-state index in [2.05, 4.69) is 43.5 Å². The van der Waals surface area contributed by atoms with Crippen LogP contribution in [0.15, 0.2) is 35.1 Å². The van der Waals surface area contributed by atoms with E-state index < -0.39 is 0 Å². The molecule has 100 valence electrons. The van der Waals surface area contributed by atoms with Gasteiger partial charge in [-0.1, -0.05) is 22.9 Å². The predicted octanol–water partition coefficient (Wildman–Crippen LogP) is 3.94. The fourth-order valence-electron chi connectivity index (χ4n) is 1.49. The van der Waals surface area contributed by atoms with Crippen molar-refractivity contribution in [1.29, 1.82) is 0 Å². The topological polar surface area (TPSA) is 49.8 Å². The molecule has 2 rings (SSSR count). The Morgan fingerprint density at radius 3 is 2.79 bits per heavy atom. The lowest BCUT2D eigenvalue weighted by Gasteiger charge is -2.09. The summed E-state index contributed by atoms with van der Waals surface area (Å²) in [7, 11) is 0. The van der Waals surface area contributed by atoms with Gasteiger partial charge in [-0.05, 0) is 24.6 Å². The minimum Gasteiger partial charge on any atom is -0.369 e. The number of benzene rings is 1. The molecule has 0 spiro atoms. The molecular formula is C13H14BrFN4. The summed E-state index contributed by atoms with van der Waals surface area (Å²) in [5.41, 5.74) is 0.366. The molecule has 1 aromatic heterocycles. The van der Waals surface area contributed by atoms with Gasteiger partial charge in [-0.3, -0.25) is 4.98 Å². The molecule has 0 atom stereocenters. The van der Waals surface area contributed by atoms with Gasteiger partial charge in [0, 0.05) is 11.0 Å². The average molecular weight is 325 g/mol. The number of anilines is 3. The Morgan fingerprint density at radius 2 is 2.05 bits per heavy atom. The van der Waals surface area contributed by atoms with Crippen LogP contribution >= 0.6 is 15.9 Å². The van der Waals surface area contributed by atoms with Crippen molar-refractivity contribution in [3.8, 4) is 0 Å². The molecule has 6 heteroatoms. The van der Waals surface area contributed by atoms with E-state index in [1.54, 1.807) is 24.5 Å². The van der Waals surface area contributed by atoms with Crippen molar-refractivity contribution in [3.05, 3.63) is 40.9 Å². The zero-order chi connectivity index (χ0) is 13.7. The van der Waals surface area contributed by atoms with Gasteiger partial charge in [0.2, 0.25) is 0 Å². The summed E-state index contributed by atoms with van der Waals surface area (Å²) in [6.07, 6.45) is 4.19. The largest absolute Gasteiger partial charge is 0.369 e. The number of hydrogen-bond acceptors (Lipinski definition) is 4. The monoisotopic (exact) mass is 324 g/mol. The number of halogens is 2. The molecule has 0 aliphatic carbocycles. The molecule has 0 unspecified atom stereocenters. The third-order valence-electron chi connectivity index (χ3n) is 2.38. The molecular weight excluding hydrogens is 311 g/mol. The van der Waals surface area contributed by atoms with Gasteiger partial charge in [-0.25, -0.2) is 9.37 Å². The lowest BCUT2D eigenvalue weighted by atomic mass is 10.3. The first-order valence-electron chi connectivity index (χ1n) is 5.97. The Kier molecular flexibility index (Phi) is 4.68. The first-order valence-corrected chi connectivity index (χ1v) is 6.76. The Hall–Kier alpha value is -1.69. The van der Waals surface area contributed by atoms with E-state index in [4.69, 9.17) is 0 Å². The summed E-state index contributed by atoms with van der Waals surface area (Å²) in [4.78, 5) is 8.37. The zero-order valence-corrected chi connectivity index (χ0v) is 12.0. The molecule has 1 heterocycles. The maximum absolute atomic E-state index is 13.7. The van der Waals surface area contributed by atoms with Crippen molar-refractivity contribution in [2.24, 2.45) is 0 Å². The Labute approximate surface area is 119 Å². The molecule has 19 heavy (non-hydrogen) atoms. The van der Waals surface area contributed by atoms with Crippen LogP contribution in [0.2, 0.25) is 0 Å². The third-order valence-corrected chi connectivity index (χ3v) is 2.88. The van der Waals surface area contributed by atoms with E-state index in [-0.39, 0.29) is 5.82 Å². The molecule has 2 N–H and O–H groups in total. The highest BCUT2D eigenvalue weighted by atomic mass is 79.9. The lowest BCUT2D eigenvalue weighted by molar-refractivity contribution is 0.631. The number of nitrogens with one attached hydrogen (secondary N) is 2. The smallest absolute Gasteiger partial charge is 0.151 e. The highest BCUT2D eigenvalue weighted by molar-refractivity contribution is 9.10. The van der Waals surface area contributed by atoms with Gasteiger partial charge < -0.3 is 10.6 Å². The Bertz CT molecular complexity index is 562. The summed E-state index contributed by atoms with van der Waals surface area (Å²) >= 11 is 3.22. The summed E-state index contributed by atoms with van der Waals surface area (Å²) in [6.45, 7) is 2.89. The zero-order valence-electron chi connectivity index (χ0n) is 10.5. The van der Waals surface area contributed by atoms with Gasteiger partial charge in [0.1, 0.15) is 11.6 Å². The molecule has 0 radical (unpaired) electrons. The normalized spacial score (nSPS) is 10.3. The first-order chi connectivity index (χ1) is 9.19. The van der Waals surface area contributed by atoms with Crippen LogP contribution in [0.5, 0.6) is 0 Å². The van der Waals surface area contributed by atoms with Crippen molar-refractivity contribution in [2.75, 3.05) is 17.2 Å². The summed E-state index contributed by atoms with van der Waals surface area (Å²) in [5.74, 6) is 0.829. The van der Waals surface area contributed by atoms with Gasteiger partial charge in [-0.2, -0.15) is 0 Å². The second kappa shape index (κ2) is 6.47. The maximum Gasteiger partial charge on any atom is 0.151 e. The molecule has 0 amide bonds. The SMILES string of the molecule is CCCNc1cncc(Nc2ccc(Br)cc2F)n1. The van der Waals surface area contributed by atoms with Crippen molar-refractivity contribution >= 4 is 33.3 Å². The summed E-state index contributed by atoms with van der Waals surface area (Å²) in [6, 6.07) is 4.81. The van der Waals surface area contributed by atoms with Crippen molar-refractivity contribution in [1.82, 2.24) is 9.97 Å². The van der Waals surface area contributed by atoms with Crippen molar-refractivity contribution in [3.63, 3.8) is 0 Å². The van der Waals surface area contributed by atoms with Crippen LogP contribution in [0.3, 0.4) is 0 Å². The van der Waals surface area contributed by atoms with Crippen LogP contribution < -0.4 is 10.6 Å². The quantitative estimate of drug-likeness (QED) is 0.874. The molecule has 2 aromatic rings. The van der Waals surface area contributed by atoms with Crippen LogP contribution in [0, 0.1) is 5.82 Å². The second-order valence-corrected chi connectivity index (χ2v) is 4.88. The molecule has 0 bridgehead atoms. The third kappa shape index (κ3) is 3.89. The van der Waals surface area contributed by atoms with Gasteiger partial charge in [0.15, 0.2) is 5.82 Å². The van der Waals surface area contributed by atoms with E-state index >= 15 is 0 Å². The second-order valence-electron chi connectivity index (χ2n) is 3.97. The number of nitrogens with zero attached hydrogens (tertiary/aromatic N) is 2. The molecule has 1 aromatic carbocycles. The van der Waals surface area contributed by atoms with Crippen LogP contribution in [-0.2, 0) is 0 Å². The Morgan fingerprint density at radius 1 is 1.26 bits per heavy atom. The van der Waals surface area contributed by atoms with E-state index in [1.165, 1.54) is 6.07 Å². The van der Waals surface area contributed by atoms with E-state index in [9.17, 15) is 4.39 Å². The molecule has 0 aliphatic rings. The number of hydrogen-bond donors (Lipinski definition) is 2. The van der Waals surface area contributed by atoms with E-state index in [1.807, 2.05) is 0 Å². The number of rotatable bonds is 5. The fourth-order valence-corrected chi connectivity index (χ4v) is 1.83. The van der Waals surface area contributed by atoms with Crippen molar-refractivity contribution < 1.29 is 4.39 Å². The van der Waals surface area contributed by atoms with Gasteiger partial charge in [-0.15, -0.1) is 0 Å². The van der Waals surface area contributed by atoms with Gasteiger partial charge in [0.25, 0.3) is 0 Å². The highest BCUT2D eigenvalue weighted by Crippen LogP contribution is 2.22. The van der Waals surface area contributed by atoms with Crippen LogP contribution in [-0.4, -0.2) is 16.5 Å². The standard InChI is InChI=1S/C13H14BrFN4/c1-2-5-17-12-7-16-8-13(19-12)18-11-4-3-9(14)6-10(11)15/h3-4,6-8H,2,5H2,1H3,(H2,17,18,19). The molecule has 0 fully saturated rings. The minimum atomic E-state index is -0.344. The molecule has 0 saturated heterocycles. The fraction of sp³-hybridized carbons (Fsp3) is 0.231. The Balaban J connectivity index is 2.14. The van der Waals surface area contributed by atoms with Gasteiger partial charge in [0.05, 0.1) is 18.1 Å². The summed E-state index contributed by atoms with van der Waals surface area (Å²) < 4.78 is 14.4. The number of aromatic nitrogens is 2. The molecule has 0 aliphatic heterocycles. The molecule has 4 nitrogen and oxygen atoms in total. The first kappa shape index (κ1) is 13.7. The van der Waals surface area contributed by atoms with E-state index in [0.717, 1.165) is 13.0 Å². The van der Waals surface area contributed by atoms with Crippen LogP contribution in [0.4, 0.5) is 21.7 Å². The summed E-state index contributed by atoms with van der Waals surface area (Å²) in [5, 5.41) is 6.04.